The molecular formula is C23H26N2O3. The molecule has 2 amide bonds. The van der Waals surface area contributed by atoms with Gasteiger partial charge in [-0.15, -0.1) is 0 Å². The topological polar surface area (TPSA) is 69.6 Å². The van der Waals surface area contributed by atoms with Crippen LogP contribution in [0.15, 0.2) is 54.6 Å². The van der Waals surface area contributed by atoms with Gasteiger partial charge >= 0.3 is 0 Å². The van der Waals surface area contributed by atoms with Crippen LogP contribution < -0.4 is 5.32 Å². The van der Waals surface area contributed by atoms with Crippen LogP contribution in [0.2, 0.25) is 0 Å². The zero-order valence-corrected chi connectivity index (χ0v) is 16.0. The van der Waals surface area contributed by atoms with Gasteiger partial charge < -0.3 is 15.3 Å². The molecule has 2 fully saturated rings. The molecule has 2 saturated heterocycles. The molecule has 0 saturated carbocycles. The SMILES string of the molecule is CC(NC(=O)c1ccccc1)C(=O)N1[C@@H]2CC[C@H]1C[C@@H](c1cccc(O)c1)C2. The van der Waals surface area contributed by atoms with Crippen molar-refractivity contribution in [3.63, 3.8) is 0 Å². The fraction of sp³-hybridized carbons (Fsp3) is 0.391. The summed E-state index contributed by atoms with van der Waals surface area (Å²) in [4.78, 5) is 27.5. The summed E-state index contributed by atoms with van der Waals surface area (Å²) >= 11 is 0. The average molecular weight is 378 g/mol. The quantitative estimate of drug-likeness (QED) is 0.856. The smallest absolute Gasteiger partial charge is 0.251 e. The molecule has 2 heterocycles. The molecule has 0 aromatic heterocycles. The first-order valence-corrected chi connectivity index (χ1v) is 10.00. The summed E-state index contributed by atoms with van der Waals surface area (Å²) in [5, 5.41) is 12.6. The third-order valence-corrected chi connectivity index (χ3v) is 6.08. The Morgan fingerprint density at radius 3 is 2.36 bits per heavy atom. The first kappa shape index (κ1) is 18.5. The van der Waals surface area contributed by atoms with Gasteiger partial charge in [-0.05, 0) is 68.4 Å². The Balaban J connectivity index is 1.42. The van der Waals surface area contributed by atoms with Crippen molar-refractivity contribution >= 4 is 11.8 Å². The van der Waals surface area contributed by atoms with Gasteiger partial charge in [-0.1, -0.05) is 30.3 Å². The number of hydrogen-bond donors (Lipinski definition) is 2. The largest absolute Gasteiger partial charge is 0.508 e. The molecule has 146 valence electrons. The van der Waals surface area contributed by atoms with E-state index in [4.69, 9.17) is 0 Å². The highest BCUT2D eigenvalue weighted by Crippen LogP contribution is 2.43. The molecule has 2 N–H and O–H groups in total. The van der Waals surface area contributed by atoms with Crippen LogP contribution in [0.1, 0.15) is 54.4 Å². The molecule has 0 aliphatic carbocycles. The molecule has 4 atom stereocenters. The normalized spacial score (nSPS) is 24.6. The van der Waals surface area contributed by atoms with Gasteiger partial charge in [-0.3, -0.25) is 9.59 Å². The highest BCUT2D eigenvalue weighted by atomic mass is 16.3. The zero-order valence-electron chi connectivity index (χ0n) is 16.0. The van der Waals surface area contributed by atoms with E-state index < -0.39 is 6.04 Å². The summed E-state index contributed by atoms with van der Waals surface area (Å²) in [6, 6.07) is 16.3. The van der Waals surface area contributed by atoms with Crippen LogP contribution in [-0.2, 0) is 4.79 Å². The number of amides is 2. The monoisotopic (exact) mass is 378 g/mol. The highest BCUT2D eigenvalue weighted by molar-refractivity contribution is 5.97. The Morgan fingerprint density at radius 2 is 1.71 bits per heavy atom. The number of phenolic OH excluding ortho intramolecular Hbond substituents is 1. The van der Waals surface area contributed by atoms with Gasteiger partial charge in [0.15, 0.2) is 0 Å². The Kier molecular flexibility index (Phi) is 5.07. The number of nitrogens with one attached hydrogen (secondary N) is 1. The standard InChI is InChI=1S/C23H26N2O3/c1-15(24-22(27)16-6-3-2-4-7-16)23(28)25-19-10-11-20(25)13-18(12-19)17-8-5-9-21(26)14-17/h2-9,14-15,18-20,26H,10-13H2,1H3,(H,24,27)/t15?,18-,19+,20-. The van der Waals surface area contributed by atoms with Gasteiger partial charge in [-0.25, -0.2) is 0 Å². The van der Waals surface area contributed by atoms with E-state index in [1.807, 2.05) is 35.2 Å². The molecule has 2 aromatic carbocycles. The zero-order chi connectivity index (χ0) is 19.7. The van der Waals surface area contributed by atoms with Crippen LogP contribution in [0.4, 0.5) is 0 Å². The molecule has 2 aliphatic heterocycles. The second-order valence-electron chi connectivity index (χ2n) is 7.95. The van der Waals surface area contributed by atoms with E-state index in [1.54, 1.807) is 25.1 Å². The number of rotatable bonds is 4. The minimum atomic E-state index is -0.548. The fourth-order valence-electron chi connectivity index (χ4n) is 4.74. The number of aromatic hydroxyl groups is 1. The Morgan fingerprint density at radius 1 is 1.04 bits per heavy atom. The van der Waals surface area contributed by atoms with Crippen LogP contribution in [0, 0.1) is 0 Å². The Hall–Kier alpha value is -2.82. The van der Waals surface area contributed by atoms with Gasteiger partial charge in [0.25, 0.3) is 5.91 Å². The van der Waals surface area contributed by atoms with E-state index in [-0.39, 0.29) is 23.9 Å². The lowest BCUT2D eigenvalue weighted by Gasteiger charge is -2.40. The summed E-state index contributed by atoms with van der Waals surface area (Å²) in [6.45, 7) is 1.77. The van der Waals surface area contributed by atoms with Crippen LogP contribution >= 0.6 is 0 Å². The first-order valence-electron chi connectivity index (χ1n) is 10.00. The maximum atomic E-state index is 13.1. The van der Waals surface area contributed by atoms with Crippen LogP contribution in [0.5, 0.6) is 5.75 Å². The summed E-state index contributed by atoms with van der Waals surface area (Å²) in [7, 11) is 0. The lowest BCUT2D eigenvalue weighted by Crippen LogP contribution is -2.53. The second kappa shape index (κ2) is 7.66. The summed E-state index contributed by atoms with van der Waals surface area (Å²) in [5.74, 6) is 0.443. The predicted molar refractivity (Wildman–Crippen MR) is 107 cm³/mol. The van der Waals surface area contributed by atoms with Crippen LogP contribution in [-0.4, -0.2) is 39.9 Å². The number of carbonyl (C=O) groups is 2. The number of benzene rings is 2. The second-order valence-corrected chi connectivity index (χ2v) is 7.95. The first-order chi connectivity index (χ1) is 13.5. The number of nitrogens with zero attached hydrogens (tertiary/aromatic N) is 1. The maximum Gasteiger partial charge on any atom is 0.251 e. The molecule has 2 aliphatic rings. The van der Waals surface area contributed by atoms with E-state index in [0.717, 1.165) is 31.2 Å². The molecule has 28 heavy (non-hydrogen) atoms. The summed E-state index contributed by atoms with van der Waals surface area (Å²) < 4.78 is 0. The number of fused-ring (bicyclic) bond motifs is 2. The number of phenols is 1. The third kappa shape index (κ3) is 3.61. The van der Waals surface area contributed by atoms with E-state index in [9.17, 15) is 14.7 Å². The molecule has 0 radical (unpaired) electrons. The molecule has 4 rings (SSSR count). The van der Waals surface area contributed by atoms with Crippen LogP contribution in [0.3, 0.4) is 0 Å². The summed E-state index contributed by atoms with van der Waals surface area (Å²) in [5.41, 5.74) is 1.71. The summed E-state index contributed by atoms with van der Waals surface area (Å²) in [6.07, 6.45) is 3.83. The minimum absolute atomic E-state index is 0.00569. The number of hydrogen-bond acceptors (Lipinski definition) is 3. The molecule has 1 unspecified atom stereocenters. The number of piperidine rings is 1. The molecule has 0 spiro atoms. The molecular weight excluding hydrogens is 352 g/mol. The molecule has 5 nitrogen and oxygen atoms in total. The van der Waals surface area contributed by atoms with Crippen molar-refractivity contribution in [2.45, 2.75) is 56.7 Å². The van der Waals surface area contributed by atoms with Gasteiger partial charge in [-0.2, -0.15) is 0 Å². The van der Waals surface area contributed by atoms with Crippen molar-refractivity contribution in [2.75, 3.05) is 0 Å². The van der Waals surface area contributed by atoms with E-state index in [2.05, 4.69) is 11.4 Å². The van der Waals surface area contributed by atoms with Crippen molar-refractivity contribution in [1.29, 1.82) is 0 Å². The van der Waals surface area contributed by atoms with Gasteiger partial charge in [0.1, 0.15) is 11.8 Å². The fourth-order valence-corrected chi connectivity index (χ4v) is 4.74. The van der Waals surface area contributed by atoms with Crippen molar-refractivity contribution in [2.24, 2.45) is 0 Å². The molecule has 5 heteroatoms. The Bertz CT molecular complexity index is 853. The average Bonchev–Trinajstić information content (AvgIpc) is 2.97. The van der Waals surface area contributed by atoms with Crippen molar-refractivity contribution in [3.8, 4) is 5.75 Å². The van der Waals surface area contributed by atoms with E-state index in [0.29, 0.717) is 17.2 Å². The maximum absolute atomic E-state index is 13.1. The van der Waals surface area contributed by atoms with Gasteiger partial charge in [0.2, 0.25) is 5.91 Å². The van der Waals surface area contributed by atoms with Gasteiger partial charge in [0, 0.05) is 17.6 Å². The Labute approximate surface area is 165 Å². The van der Waals surface area contributed by atoms with E-state index >= 15 is 0 Å². The highest BCUT2D eigenvalue weighted by Gasteiger charge is 2.44. The number of carbonyl (C=O) groups excluding carboxylic acids is 2. The van der Waals surface area contributed by atoms with Crippen LogP contribution in [0.25, 0.3) is 0 Å². The lowest BCUT2D eigenvalue weighted by molar-refractivity contribution is -0.137. The van der Waals surface area contributed by atoms with Crippen molar-refractivity contribution in [1.82, 2.24) is 10.2 Å². The van der Waals surface area contributed by atoms with Gasteiger partial charge in [0.05, 0.1) is 0 Å². The third-order valence-electron chi connectivity index (χ3n) is 6.08. The predicted octanol–water partition coefficient (Wildman–Crippen LogP) is 3.45. The minimum Gasteiger partial charge on any atom is -0.508 e. The molecule has 2 aromatic rings. The lowest BCUT2D eigenvalue weighted by atomic mass is 9.84. The van der Waals surface area contributed by atoms with Crippen molar-refractivity contribution in [3.05, 3.63) is 65.7 Å². The molecule has 2 bridgehead atoms. The van der Waals surface area contributed by atoms with Crippen molar-refractivity contribution < 1.29 is 14.7 Å². The van der Waals surface area contributed by atoms with E-state index in [1.165, 1.54) is 0 Å².